The Morgan fingerprint density at radius 3 is 2.87 bits per heavy atom. The van der Waals surface area contributed by atoms with Crippen LogP contribution in [-0.2, 0) is 17.9 Å². The van der Waals surface area contributed by atoms with Gasteiger partial charge in [0.25, 0.3) is 0 Å². The average molecular weight is 418 g/mol. The van der Waals surface area contributed by atoms with Gasteiger partial charge in [-0.3, -0.25) is 4.98 Å². The van der Waals surface area contributed by atoms with Crippen LogP contribution >= 0.6 is 0 Å². The molecule has 0 saturated heterocycles. The third-order valence-corrected chi connectivity index (χ3v) is 5.19. The third kappa shape index (κ3) is 3.77. The summed E-state index contributed by atoms with van der Waals surface area (Å²) in [6.45, 7) is 1.46. The number of pyridine rings is 2. The summed E-state index contributed by atoms with van der Waals surface area (Å²) < 4.78 is 25.0. The molecule has 0 fully saturated rings. The number of hydrogen-bond donors (Lipinski definition) is 0. The lowest BCUT2D eigenvalue weighted by Gasteiger charge is -2.28. The van der Waals surface area contributed by atoms with Crippen LogP contribution < -0.4 is 14.2 Å². The largest absolute Gasteiger partial charge is 0.493 e. The molecule has 3 aromatic heterocycles. The van der Waals surface area contributed by atoms with E-state index < -0.39 is 0 Å². The molecule has 0 amide bonds. The van der Waals surface area contributed by atoms with Gasteiger partial charge in [0, 0.05) is 25.1 Å². The first-order valence-corrected chi connectivity index (χ1v) is 9.95. The van der Waals surface area contributed by atoms with E-state index in [1.165, 1.54) is 0 Å². The molecule has 1 aromatic carbocycles. The molecule has 1 atom stereocenters. The minimum atomic E-state index is -0.266. The molecule has 8 heteroatoms. The molecule has 1 aliphatic heterocycles. The lowest BCUT2D eigenvalue weighted by molar-refractivity contribution is 0.0866. The number of imidazole rings is 1. The minimum Gasteiger partial charge on any atom is -0.493 e. The highest BCUT2D eigenvalue weighted by Crippen LogP contribution is 2.44. The molecule has 0 saturated carbocycles. The van der Waals surface area contributed by atoms with Gasteiger partial charge in [-0.25, -0.2) is 9.97 Å². The fraction of sp³-hybridized carbons (Fsp3) is 0.261. The quantitative estimate of drug-likeness (QED) is 0.474. The summed E-state index contributed by atoms with van der Waals surface area (Å²) >= 11 is 0. The first kappa shape index (κ1) is 19.3. The van der Waals surface area contributed by atoms with Crippen molar-refractivity contribution < 1.29 is 18.9 Å². The van der Waals surface area contributed by atoms with Gasteiger partial charge in [0.2, 0.25) is 5.75 Å². The molecule has 0 bridgehead atoms. The van der Waals surface area contributed by atoms with Crippen molar-refractivity contribution in [1.29, 1.82) is 0 Å². The fourth-order valence-electron chi connectivity index (χ4n) is 3.67. The lowest BCUT2D eigenvalue weighted by Crippen LogP contribution is -2.22. The lowest BCUT2D eigenvalue weighted by atomic mass is 10.1. The van der Waals surface area contributed by atoms with Gasteiger partial charge >= 0.3 is 0 Å². The van der Waals surface area contributed by atoms with Crippen LogP contribution in [0.2, 0.25) is 0 Å². The molecule has 0 aliphatic carbocycles. The van der Waals surface area contributed by atoms with Crippen molar-refractivity contribution in [2.45, 2.75) is 19.3 Å². The number of benzene rings is 1. The molecule has 158 valence electrons. The number of rotatable bonds is 6. The Kier molecular flexibility index (Phi) is 5.13. The van der Waals surface area contributed by atoms with E-state index >= 15 is 0 Å². The standard InChI is InChI=1S/C23H22N4O4/c1-28-12-17-6-5-16(10-25-17)21-13-30-20-9-15(8-19(29-2)22(20)31-21)11-27-14-26-18-4-3-7-24-23(18)27/h3-10,14,21H,11-13H2,1-2H3. The number of hydrogen-bond acceptors (Lipinski definition) is 7. The van der Waals surface area contributed by atoms with Crippen LogP contribution in [0.15, 0.2) is 55.1 Å². The second kappa shape index (κ2) is 8.23. The molecule has 1 unspecified atom stereocenters. The Hall–Kier alpha value is -3.65. The molecule has 1 aliphatic rings. The Balaban J connectivity index is 1.40. The van der Waals surface area contributed by atoms with Gasteiger partial charge in [-0.2, -0.15) is 0 Å². The molecule has 4 heterocycles. The van der Waals surface area contributed by atoms with Crippen LogP contribution in [0.4, 0.5) is 0 Å². The zero-order chi connectivity index (χ0) is 21.2. The first-order valence-electron chi connectivity index (χ1n) is 9.95. The van der Waals surface area contributed by atoms with Gasteiger partial charge in [-0.05, 0) is 35.9 Å². The molecule has 5 rings (SSSR count). The number of methoxy groups -OCH3 is 2. The van der Waals surface area contributed by atoms with Crippen LogP contribution in [-0.4, -0.2) is 40.3 Å². The minimum absolute atomic E-state index is 0.266. The summed E-state index contributed by atoms with van der Waals surface area (Å²) in [7, 11) is 3.28. The fourth-order valence-corrected chi connectivity index (χ4v) is 3.67. The van der Waals surface area contributed by atoms with Crippen molar-refractivity contribution in [2.75, 3.05) is 20.8 Å². The highest BCUT2D eigenvalue weighted by atomic mass is 16.6. The van der Waals surface area contributed by atoms with Crippen LogP contribution in [0, 0.1) is 0 Å². The maximum absolute atomic E-state index is 6.25. The molecule has 0 radical (unpaired) electrons. The van der Waals surface area contributed by atoms with Crippen molar-refractivity contribution in [1.82, 2.24) is 19.5 Å². The van der Waals surface area contributed by atoms with E-state index in [4.69, 9.17) is 18.9 Å². The van der Waals surface area contributed by atoms with Crippen molar-refractivity contribution >= 4 is 11.2 Å². The van der Waals surface area contributed by atoms with Crippen molar-refractivity contribution in [3.8, 4) is 17.2 Å². The van der Waals surface area contributed by atoms with Gasteiger partial charge in [-0.1, -0.05) is 6.07 Å². The third-order valence-electron chi connectivity index (χ3n) is 5.19. The Bertz CT molecular complexity index is 1190. The number of aromatic nitrogens is 4. The Labute approximate surface area is 179 Å². The summed E-state index contributed by atoms with van der Waals surface area (Å²) in [5, 5.41) is 0. The molecule has 8 nitrogen and oxygen atoms in total. The van der Waals surface area contributed by atoms with Crippen LogP contribution in [0.3, 0.4) is 0 Å². The van der Waals surface area contributed by atoms with E-state index in [2.05, 4.69) is 15.0 Å². The monoisotopic (exact) mass is 418 g/mol. The van der Waals surface area contributed by atoms with Gasteiger partial charge in [0.1, 0.15) is 12.1 Å². The van der Waals surface area contributed by atoms with E-state index in [1.807, 2.05) is 41.0 Å². The van der Waals surface area contributed by atoms with Gasteiger partial charge in [-0.15, -0.1) is 0 Å². The molecular formula is C23H22N4O4. The predicted molar refractivity (Wildman–Crippen MR) is 113 cm³/mol. The van der Waals surface area contributed by atoms with Gasteiger partial charge in [0.05, 0.1) is 32.3 Å². The van der Waals surface area contributed by atoms with Crippen molar-refractivity contribution in [3.05, 3.63) is 71.9 Å². The van der Waals surface area contributed by atoms with E-state index in [1.54, 1.807) is 32.9 Å². The predicted octanol–water partition coefficient (Wildman–Crippen LogP) is 3.54. The van der Waals surface area contributed by atoms with Crippen molar-refractivity contribution in [3.63, 3.8) is 0 Å². The zero-order valence-corrected chi connectivity index (χ0v) is 17.3. The summed E-state index contributed by atoms with van der Waals surface area (Å²) in [6, 6.07) is 11.7. The SMILES string of the molecule is COCc1ccc(C2COc3cc(Cn4cnc5cccnc54)cc(OC)c3O2)cn1. The number of fused-ring (bicyclic) bond motifs is 2. The number of nitrogens with zero attached hydrogens (tertiary/aromatic N) is 4. The Morgan fingerprint density at radius 1 is 1.13 bits per heavy atom. The molecule has 4 aromatic rings. The zero-order valence-electron chi connectivity index (χ0n) is 17.3. The second-order valence-corrected chi connectivity index (χ2v) is 7.28. The maximum Gasteiger partial charge on any atom is 0.204 e. The summed E-state index contributed by atoms with van der Waals surface area (Å²) in [5.41, 5.74) is 4.51. The topological polar surface area (TPSA) is 80.5 Å². The van der Waals surface area contributed by atoms with E-state index in [0.29, 0.717) is 37.0 Å². The van der Waals surface area contributed by atoms with E-state index in [0.717, 1.165) is 28.0 Å². The van der Waals surface area contributed by atoms with Crippen LogP contribution in [0.5, 0.6) is 17.2 Å². The molecular weight excluding hydrogens is 396 g/mol. The molecule has 0 spiro atoms. The van der Waals surface area contributed by atoms with Gasteiger partial charge < -0.3 is 23.5 Å². The van der Waals surface area contributed by atoms with Crippen molar-refractivity contribution in [2.24, 2.45) is 0 Å². The molecule has 0 N–H and O–H groups in total. The average Bonchev–Trinajstić information content (AvgIpc) is 3.22. The number of ether oxygens (including phenoxy) is 4. The van der Waals surface area contributed by atoms with E-state index in [9.17, 15) is 0 Å². The van der Waals surface area contributed by atoms with E-state index in [-0.39, 0.29) is 6.10 Å². The first-order chi connectivity index (χ1) is 15.2. The second-order valence-electron chi connectivity index (χ2n) is 7.28. The van der Waals surface area contributed by atoms with Crippen LogP contribution in [0.25, 0.3) is 11.2 Å². The summed E-state index contributed by atoms with van der Waals surface area (Å²) in [4.78, 5) is 13.3. The van der Waals surface area contributed by atoms with Crippen LogP contribution in [0.1, 0.15) is 22.9 Å². The summed E-state index contributed by atoms with van der Waals surface area (Å²) in [5.74, 6) is 1.88. The highest BCUT2D eigenvalue weighted by Gasteiger charge is 2.27. The molecule has 31 heavy (non-hydrogen) atoms. The maximum atomic E-state index is 6.25. The Morgan fingerprint density at radius 2 is 2.06 bits per heavy atom. The normalized spacial score (nSPS) is 15.2. The smallest absolute Gasteiger partial charge is 0.204 e. The summed E-state index contributed by atoms with van der Waals surface area (Å²) in [6.07, 6.45) is 5.09. The van der Waals surface area contributed by atoms with Gasteiger partial charge in [0.15, 0.2) is 23.3 Å². The highest BCUT2D eigenvalue weighted by molar-refractivity contribution is 5.70.